The van der Waals surface area contributed by atoms with Gasteiger partial charge in [-0.25, -0.2) is 0 Å². The van der Waals surface area contributed by atoms with Crippen molar-refractivity contribution in [2.45, 2.75) is 63.4 Å². The van der Waals surface area contributed by atoms with E-state index in [1.807, 2.05) is 0 Å². The Morgan fingerprint density at radius 2 is 1.76 bits per heavy atom. The van der Waals surface area contributed by atoms with Crippen LogP contribution in [0.1, 0.15) is 39.0 Å². The lowest BCUT2D eigenvalue weighted by Crippen LogP contribution is -2.51. The van der Waals surface area contributed by atoms with Gasteiger partial charge < -0.3 is 10.0 Å². The summed E-state index contributed by atoms with van der Waals surface area (Å²) >= 11 is 0. The molecule has 4 nitrogen and oxygen atoms in total. The number of alkyl halides is 3. The second-order valence-corrected chi connectivity index (χ2v) is 5.91. The molecule has 0 aromatic heterocycles. The maximum absolute atomic E-state index is 12.4. The Labute approximate surface area is 123 Å². The standard InChI is InChI=1S/C14H25F3N2O2/c1-10(18(2)9-12(20)14(15,16)17)13(21)19(3)11-7-5-4-6-8-11/h10-12,20H,4-9H2,1-3H3. The Morgan fingerprint density at radius 1 is 1.24 bits per heavy atom. The van der Waals surface area contributed by atoms with E-state index in [-0.39, 0.29) is 11.9 Å². The molecule has 1 saturated carbocycles. The van der Waals surface area contributed by atoms with E-state index >= 15 is 0 Å². The Hall–Kier alpha value is -0.820. The fraction of sp³-hybridized carbons (Fsp3) is 0.929. The molecule has 0 saturated heterocycles. The molecule has 21 heavy (non-hydrogen) atoms. The molecule has 7 heteroatoms. The molecule has 2 unspecified atom stereocenters. The Balaban J connectivity index is 2.55. The van der Waals surface area contributed by atoms with E-state index in [0.29, 0.717) is 0 Å². The second kappa shape index (κ2) is 7.45. The lowest BCUT2D eigenvalue weighted by atomic mass is 9.94. The number of nitrogens with zero attached hydrogens (tertiary/aromatic N) is 2. The molecule has 0 spiro atoms. The van der Waals surface area contributed by atoms with Gasteiger partial charge in [-0.1, -0.05) is 19.3 Å². The number of hydrogen-bond donors (Lipinski definition) is 1. The van der Waals surface area contributed by atoms with Crippen molar-refractivity contribution >= 4 is 5.91 Å². The summed E-state index contributed by atoms with van der Waals surface area (Å²) in [5, 5.41) is 9.08. The molecule has 1 aliphatic carbocycles. The molecule has 1 aliphatic rings. The Bertz CT molecular complexity index is 344. The SMILES string of the molecule is CC(C(=O)N(C)C1CCCCC1)N(C)CC(O)C(F)(F)F. The summed E-state index contributed by atoms with van der Waals surface area (Å²) in [6.45, 7) is 0.972. The highest BCUT2D eigenvalue weighted by Crippen LogP contribution is 2.23. The highest BCUT2D eigenvalue weighted by molar-refractivity contribution is 5.81. The number of amides is 1. The molecule has 0 aromatic carbocycles. The summed E-state index contributed by atoms with van der Waals surface area (Å²) in [4.78, 5) is 15.2. The predicted octanol–water partition coefficient (Wildman–Crippen LogP) is 2.02. The van der Waals surface area contributed by atoms with Gasteiger partial charge in [0, 0.05) is 19.6 Å². The molecule has 124 valence electrons. The summed E-state index contributed by atoms with van der Waals surface area (Å²) in [7, 11) is 3.13. The minimum Gasteiger partial charge on any atom is -0.382 e. The van der Waals surface area contributed by atoms with Crippen molar-refractivity contribution in [3.05, 3.63) is 0 Å². The topological polar surface area (TPSA) is 43.8 Å². The van der Waals surface area contributed by atoms with E-state index in [2.05, 4.69) is 0 Å². The van der Waals surface area contributed by atoms with Gasteiger partial charge in [0.2, 0.25) is 5.91 Å². The zero-order chi connectivity index (χ0) is 16.2. The molecular formula is C14H25F3N2O2. The van der Waals surface area contributed by atoms with Crippen LogP contribution in [0.5, 0.6) is 0 Å². The Kier molecular flexibility index (Phi) is 6.46. The maximum Gasteiger partial charge on any atom is 0.415 e. The first-order valence-electron chi connectivity index (χ1n) is 7.36. The predicted molar refractivity (Wildman–Crippen MR) is 73.8 cm³/mol. The first kappa shape index (κ1) is 18.2. The monoisotopic (exact) mass is 310 g/mol. The van der Waals surface area contributed by atoms with Crippen molar-refractivity contribution in [2.75, 3.05) is 20.6 Å². The number of rotatable bonds is 5. The highest BCUT2D eigenvalue weighted by Gasteiger charge is 2.40. The van der Waals surface area contributed by atoms with Crippen LogP contribution in [0.3, 0.4) is 0 Å². The van der Waals surface area contributed by atoms with Crippen LogP contribution in [-0.2, 0) is 4.79 Å². The number of likely N-dealkylation sites (N-methyl/N-ethyl adjacent to an activating group) is 2. The minimum atomic E-state index is -4.66. The van der Waals surface area contributed by atoms with E-state index in [1.54, 1.807) is 18.9 Å². The van der Waals surface area contributed by atoms with Gasteiger partial charge in [-0.3, -0.25) is 9.69 Å². The van der Waals surface area contributed by atoms with Gasteiger partial charge in [0.15, 0.2) is 6.10 Å². The number of halogens is 3. The molecule has 1 amide bonds. The summed E-state index contributed by atoms with van der Waals surface area (Å²) < 4.78 is 37.1. The third-order valence-corrected chi connectivity index (χ3v) is 4.33. The van der Waals surface area contributed by atoms with Gasteiger partial charge in [-0.15, -0.1) is 0 Å². The molecular weight excluding hydrogens is 285 g/mol. The third kappa shape index (κ3) is 5.14. The largest absolute Gasteiger partial charge is 0.415 e. The average molecular weight is 310 g/mol. The molecule has 0 aromatic rings. The first-order valence-corrected chi connectivity index (χ1v) is 7.36. The van der Waals surface area contributed by atoms with Gasteiger partial charge in [-0.05, 0) is 26.8 Å². The van der Waals surface area contributed by atoms with E-state index in [4.69, 9.17) is 5.11 Å². The van der Waals surface area contributed by atoms with Crippen molar-refractivity contribution in [3.63, 3.8) is 0 Å². The smallest absolute Gasteiger partial charge is 0.382 e. The van der Waals surface area contributed by atoms with Crippen LogP contribution >= 0.6 is 0 Å². The van der Waals surface area contributed by atoms with E-state index in [9.17, 15) is 18.0 Å². The van der Waals surface area contributed by atoms with Crippen molar-refractivity contribution < 1.29 is 23.1 Å². The maximum atomic E-state index is 12.4. The normalized spacial score (nSPS) is 20.4. The van der Waals surface area contributed by atoms with Gasteiger partial charge >= 0.3 is 6.18 Å². The number of aliphatic hydroxyl groups is 1. The van der Waals surface area contributed by atoms with Gasteiger partial charge in [0.1, 0.15) is 0 Å². The van der Waals surface area contributed by atoms with Crippen LogP contribution in [0, 0.1) is 0 Å². The van der Waals surface area contributed by atoms with Crippen molar-refractivity contribution in [1.29, 1.82) is 0 Å². The molecule has 2 atom stereocenters. The van der Waals surface area contributed by atoms with Crippen molar-refractivity contribution in [3.8, 4) is 0 Å². The van der Waals surface area contributed by atoms with Gasteiger partial charge in [0.25, 0.3) is 0 Å². The average Bonchev–Trinajstić information content (AvgIpc) is 2.44. The van der Waals surface area contributed by atoms with E-state index in [0.717, 1.165) is 25.7 Å². The lowest BCUT2D eigenvalue weighted by molar-refractivity contribution is -0.208. The van der Waals surface area contributed by atoms with Crippen LogP contribution in [0.2, 0.25) is 0 Å². The van der Waals surface area contributed by atoms with Crippen LogP contribution in [0.4, 0.5) is 13.2 Å². The fourth-order valence-corrected chi connectivity index (χ4v) is 2.67. The molecule has 0 bridgehead atoms. The van der Waals surface area contributed by atoms with Crippen LogP contribution in [0.15, 0.2) is 0 Å². The van der Waals surface area contributed by atoms with Crippen LogP contribution < -0.4 is 0 Å². The number of carbonyl (C=O) groups excluding carboxylic acids is 1. The number of aliphatic hydroxyl groups excluding tert-OH is 1. The van der Waals surface area contributed by atoms with Crippen molar-refractivity contribution in [2.24, 2.45) is 0 Å². The summed E-state index contributed by atoms with van der Waals surface area (Å²) in [6, 6.07) is -0.511. The van der Waals surface area contributed by atoms with E-state index in [1.165, 1.54) is 18.4 Å². The number of carbonyl (C=O) groups is 1. The number of hydrogen-bond acceptors (Lipinski definition) is 3. The molecule has 0 heterocycles. The zero-order valence-electron chi connectivity index (χ0n) is 12.9. The third-order valence-electron chi connectivity index (χ3n) is 4.33. The van der Waals surface area contributed by atoms with Crippen molar-refractivity contribution in [1.82, 2.24) is 9.80 Å². The quantitative estimate of drug-likeness (QED) is 0.845. The molecule has 0 aliphatic heterocycles. The summed E-state index contributed by atoms with van der Waals surface area (Å²) in [6.07, 6.45) is -1.86. The Morgan fingerprint density at radius 3 is 2.24 bits per heavy atom. The van der Waals surface area contributed by atoms with Crippen LogP contribution in [-0.4, -0.2) is 65.8 Å². The van der Waals surface area contributed by atoms with Crippen LogP contribution in [0.25, 0.3) is 0 Å². The second-order valence-electron chi connectivity index (χ2n) is 5.91. The highest BCUT2D eigenvalue weighted by atomic mass is 19.4. The molecule has 1 N–H and O–H groups in total. The van der Waals surface area contributed by atoms with Gasteiger partial charge in [0.05, 0.1) is 6.04 Å². The lowest BCUT2D eigenvalue weighted by Gasteiger charge is -2.35. The molecule has 1 rings (SSSR count). The zero-order valence-corrected chi connectivity index (χ0v) is 12.9. The summed E-state index contributed by atoms with van der Waals surface area (Å²) in [5.74, 6) is -0.196. The van der Waals surface area contributed by atoms with Gasteiger partial charge in [-0.2, -0.15) is 13.2 Å². The molecule has 0 radical (unpaired) electrons. The van der Waals surface area contributed by atoms with E-state index < -0.39 is 24.9 Å². The fourth-order valence-electron chi connectivity index (χ4n) is 2.67. The minimum absolute atomic E-state index is 0.176. The first-order chi connectivity index (χ1) is 9.64. The summed E-state index contributed by atoms with van der Waals surface area (Å²) in [5.41, 5.74) is 0. The molecule has 1 fully saturated rings.